The third-order valence-corrected chi connectivity index (χ3v) is 6.21. The van der Waals surface area contributed by atoms with Crippen molar-refractivity contribution in [3.05, 3.63) is 47.0 Å². The summed E-state index contributed by atoms with van der Waals surface area (Å²) in [6.45, 7) is 8.31. The molecule has 0 aliphatic carbocycles. The highest BCUT2D eigenvalue weighted by Gasteiger charge is 2.29. The number of benzene rings is 1. The molecular formula is C24H29FN4O3. The number of anilines is 1. The van der Waals surface area contributed by atoms with Gasteiger partial charge in [-0.3, -0.25) is 0 Å². The fourth-order valence-corrected chi connectivity index (χ4v) is 4.57. The van der Waals surface area contributed by atoms with Gasteiger partial charge in [-0.15, -0.1) is 0 Å². The maximum Gasteiger partial charge on any atom is 0.354 e. The molecule has 4 rings (SSSR count). The van der Waals surface area contributed by atoms with Crippen LogP contribution in [0.15, 0.2) is 24.3 Å². The number of carboxylic acid groups (broad SMARTS) is 1. The monoisotopic (exact) mass is 440 g/mol. The normalized spacial score (nSPS) is 15.1. The minimum Gasteiger partial charge on any atom is -0.476 e. The van der Waals surface area contributed by atoms with E-state index in [0.29, 0.717) is 22.8 Å². The number of carboxylic acids is 1. The number of fused-ring (bicyclic) bond motifs is 1. The first-order valence-corrected chi connectivity index (χ1v) is 11.0. The first-order valence-electron chi connectivity index (χ1n) is 11.0. The van der Waals surface area contributed by atoms with Crippen molar-refractivity contribution >= 4 is 22.7 Å². The second-order valence-corrected chi connectivity index (χ2v) is 8.75. The summed E-state index contributed by atoms with van der Waals surface area (Å²) in [7, 11) is 1.72. The van der Waals surface area contributed by atoms with E-state index in [1.807, 2.05) is 6.92 Å². The van der Waals surface area contributed by atoms with Crippen LogP contribution in [0.5, 0.6) is 0 Å². The van der Waals surface area contributed by atoms with Crippen LogP contribution in [0.25, 0.3) is 16.7 Å². The number of rotatable bonds is 6. The highest BCUT2D eigenvalue weighted by molar-refractivity contribution is 6.01. The van der Waals surface area contributed by atoms with Crippen LogP contribution in [0.1, 0.15) is 54.4 Å². The van der Waals surface area contributed by atoms with Gasteiger partial charge in [-0.25, -0.2) is 18.9 Å². The molecule has 7 nitrogen and oxygen atoms in total. The lowest BCUT2D eigenvalue weighted by Crippen LogP contribution is -2.36. The molecule has 3 aromatic rings. The SMILES string of the molecule is COCC1CCN(c2c(C)c(C(=O)O)nc3c2c(C(C)C)nn3-c2ccc(F)cc2)CC1. The fourth-order valence-electron chi connectivity index (χ4n) is 4.57. The van der Waals surface area contributed by atoms with Crippen LogP contribution in [0.2, 0.25) is 0 Å². The van der Waals surface area contributed by atoms with E-state index in [1.165, 1.54) is 12.1 Å². The summed E-state index contributed by atoms with van der Waals surface area (Å²) in [6, 6.07) is 5.99. The topological polar surface area (TPSA) is 80.5 Å². The number of pyridine rings is 1. The van der Waals surface area contributed by atoms with Gasteiger partial charge in [-0.1, -0.05) is 13.8 Å². The Morgan fingerprint density at radius 2 is 1.91 bits per heavy atom. The molecule has 1 aromatic carbocycles. The predicted octanol–water partition coefficient (Wildman–Crippen LogP) is 4.55. The van der Waals surface area contributed by atoms with Crippen LogP contribution in [-0.4, -0.2) is 52.6 Å². The lowest BCUT2D eigenvalue weighted by Gasteiger charge is -2.35. The Balaban J connectivity index is 1.95. The summed E-state index contributed by atoms with van der Waals surface area (Å²) in [5.41, 5.74) is 3.53. The van der Waals surface area contributed by atoms with Crippen molar-refractivity contribution in [3.63, 3.8) is 0 Å². The number of piperidine rings is 1. The molecule has 0 atom stereocenters. The van der Waals surface area contributed by atoms with Crippen molar-refractivity contribution in [1.82, 2.24) is 14.8 Å². The molecule has 3 heterocycles. The van der Waals surface area contributed by atoms with Crippen LogP contribution in [0, 0.1) is 18.7 Å². The Labute approximate surface area is 186 Å². The number of carbonyl (C=O) groups is 1. The van der Waals surface area contributed by atoms with E-state index < -0.39 is 5.97 Å². The van der Waals surface area contributed by atoms with Crippen LogP contribution < -0.4 is 4.90 Å². The number of aromatic nitrogens is 3. The Morgan fingerprint density at radius 1 is 1.25 bits per heavy atom. The highest BCUT2D eigenvalue weighted by Crippen LogP contribution is 2.39. The average molecular weight is 441 g/mol. The number of hydrogen-bond acceptors (Lipinski definition) is 5. The average Bonchev–Trinajstić information content (AvgIpc) is 3.14. The van der Waals surface area contributed by atoms with Gasteiger partial charge in [0.15, 0.2) is 11.3 Å². The van der Waals surface area contributed by atoms with Gasteiger partial charge < -0.3 is 14.7 Å². The van der Waals surface area contributed by atoms with Crippen LogP contribution in [0.4, 0.5) is 10.1 Å². The minimum atomic E-state index is -1.07. The Morgan fingerprint density at radius 3 is 2.47 bits per heavy atom. The van der Waals surface area contributed by atoms with E-state index >= 15 is 0 Å². The molecule has 1 N–H and O–H groups in total. The summed E-state index contributed by atoms with van der Waals surface area (Å²) in [6.07, 6.45) is 1.95. The van der Waals surface area contributed by atoms with E-state index in [9.17, 15) is 14.3 Å². The summed E-state index contributed by atoms with van der Waals surface area (Å²) in [4.78, 5) is 18.9. The van der Waals surface area contributed by atoms with Gasteiger partial charge in [-0.05, 0) is 55.9 Å². The zero-order valence-electron chi connectivity index (χ0n) is 18.9. The first kappa shape index (κ1) is 22.2. The number of methoxy groups -OCH3 is 1. The largest absolute Gasteiger partial charge is 0.476 e. The maximum absolute atomic E-state index is 13.5. The smallest absolute Gasteiger partial charge is 0.354 e. The van der Waals surface area contributed by atoms with Crippen molar-refractivity contribution in [1.29, 1.82) is 0 Å². The number of aromatic carboxylic acids is 1. The van der Waals surface area contributed by atoms with Crippen molar-refractivity contribution < 1.29 is 19.0 Å². The van der Waals surface area contributed by atoms with E-state index in [4.69, 9.17) is 9.84 Å². The van der Waals surface area contributed by atoms with E-state index in [2.05, 4.69) is 23.7 Å². The molecule has 0 saturated carbocycles. The lowest BCUT2D eigenvalue weighted by molar-refractivity contribution is 0.0690. The molecule has 0 bridgehead atoms. The molecule has 32 heavy (non-hydrogen) atoms. The van der Waals surface area contributed by atoms with Gasteiger partial charge in [0, 0.05) is 32.4 Å². The summed E-state index contributed by atoms with van der Waals surface area (Å²) in [5, 5.41) is 15.6. The number of hydrogen-bond donors (Lipinski definition) is 1. The number of halogens is 1. The molecule has 0 unspecified atom stereocenters. The summed E-state index contributed by atoms with van der Waals surface area (Å²) >= 11 is 0. The standard InChI is InChI=1S/C24H29FN4O3/c1-14(2)20-19-22(28-11-9-16(10-12-28)13-32-4)15(3)21(24(30)31)26-23(19)29(27-20)18-7-5-17(25)6-8-18/h5-8,14,16H,9-13H2,1-4H3,(H,30,31). The summed E-state index contributed by atoms with van der Waals surface area (Å²) < 4.78 is 20.5. The highest BCUT2D eigenvalue weighted by atomic mass is 19.1. The van der Waals surface area contributed by atoms with Gasteiger partial charge in [0.2, 0.25) is 0 Å². The zero-order valence-corrected chi connectivity index (χ0v) is 18.9. The third kappa shape index (κ3) is 3.95. The van der Waals surface area contributed by atoms with Gasteiger partial charge >= 0.3 is 5.97 Å². The second kappa shape index (κ2) is 8.86. The molecule has 2 aromatic heterocycles. The Hall–Kier alpha value is -3.00. The van der Waals surface area contributed by atoms with Gasteiger partial charge in [0.25, 0.3) is 0 Å². The van der Waals surface area contributed by atoms with Crippen LogP contribution in [0.3, 0.4) is 0 Å². The first-order chi connectivity index (χ1) is 15.3. The molecule has 0 spiro atoms. The molecule has 0 radical (unpaired) electrons. The minimum absolute atomic E-state index is 0.0186. The molecular weight excluding hydrogens is 411 g/mol. The predicted molar refractivity (Wildman–Crippen MR) is 121 cm³/mol. The van der Waals surface area contributed by atoms with Crippen molar-refractivity contribution in [3.8, 4) is 5.69 Å². The molecule has 170 valence electrons. The molecule has 1 fully saturated rings. The van der Waals surface area contributed by atoms with Gasteiger partial charge in [0.05, 0.1) is 22.5 Å². The van der Waals surface area contributed by atoms with Crippen LogP contribution >= 0.6 is 0 Å². The molecule has 1 saturated heterocycles. The zero-order chi connectivity index (χ0) is 23.0. The lowest BCUT2D eigenvalue weighted by atomic mass is 9.95. The van der Waals surface area contributed by atoms with Crippen molar-refractivity contribution in [2.75, 3.05) is 31.7 Å². The number of ether oxygens (including phenoxy) is 1. The van der Waals surface area contributed by atoms with Crippen LogP contribution in [-0.2, 0) is 4.74 Å². The Bertz CT molecular complexity index is 1130. The maximum atomic E-state index is 13.5. The summed E-state index contributed by atoms with van der Waals surface area (Å²) in [5.74, 6) is -0.818. The van der Waals surface area contributed by atoms with Gasteiger partial charge in [-0.2, -0.15) is 5.10 Å². The van der Waals surface area contributed by atoms with Crippen molar-refractivity contribution in [2.45, 2.75) is 39.5 Å². The Kier molecular flexibility index (Phi) is 6.15. The molecule has 1 aliphatic heterocycles. The van der Waals surface area contributed by atoms with E-state index in [0.717, 1.165) is 49.3 Å². The van der Waals surface area contributed by atoms with E-state index in [-0.39, 0.29) is 17.4 Å². The van der Waals surface area contributed by atoms with E-state index in [1.54, 1.807) is 23.9 Å². The van der Waals surface area contributed by atoms with Gasteiger partial charge in [0.1, 0.15) is 5.82 Å². The molecule has 0 amide bonds. The quantitative estimate of drug-likeness (QED) is 0.606. The molecule has 8 heteroatoms. The second-order valence-electron chi connectivity index (χ2n) is 8.75. The fraction of sp³-hybridized carbons (Fsp3) is 0.458. The third-order valence-electron chi connectivity index (χ3n) is 6.21. The molecule has 1 aliphatic rings. The number of nitrogens with zero attached hydrogens (tertiary/aromatic N) is 4. The van der Waals surface area contributed by atoms with Crippen molar-refractivity contribution in [2.24, 2.45) is 5.92 Å².